The van der Waals surface area contributed by atoms with Gasteiger partial charge in [-0.2, -0.15) is 0 Å². The van der Waals surface area contributed by atoms with Crippen LogP contribution in [0, 0.1) is 11.8 Å². The van der Waals surface area contributed by atoms with Gasteiger partial charge in [0.2, 0.25) is 11.8 Å². The number of carbonyl (C=O) groups is 3. The van der Waals surface area contributed by atoms with Crippen molar-refractivity contribution in [2.24, 2.45) is 11.8 Å². The highest BCUT2D eigenvalue weighted by Crippen LogP contribution is 2.57. The molecule has 2 saturated heterocycles. The van der Waals surface area contributed by atoms with Crippen LogP contribution in [-0.4, -0.2) is 35.6 Å². The summed E-state index contributed by atoms with van der Waals surface area (Å²) in [5.74, 6) is -1.97. The lowest BCUT2D eigenvalue weighted by Gasteiger charge is -2.25. The number of fused-ring (bicyclic) bond motifs is 5. The normalized spacial score (nSPS) is 35.4. The van der Waals surface area contributed by atoms with E-state index in [1.54, 1.807) is 31.2 Å². The van der Waals surface area contributed by atoms with Crippen LogP contribution in [0.2, 0.25) is 0 Å². The second-order valence-corrected chi connectivity index (χ2v) is 7.04. The molecule has 2 fully saturated rings. The number of imide groups is 1. The fourth-order valence-corrected chi connectivity index (χ4v) is 4.25. The fourth-order valence-electron chi connectivity index (χ4n) is 4.25. The summed E-state index contributed by atoms with van der Waals surface area (Å²) in [7, 11) is 0. The molecule has 2 bridgehead atoms. The van der Waals surface area contributed by atoms with E-state index < -0.39 is 29.0 Å². The predicted molar refractivity (Wildman–Crippen MR) is 88.9 cm³/mol. The van der Waals surface area contributed by atoms with E-state index in [-0.39, 0.29) is 18.4 Å². The van der Waals surface area contributed by atoms with Crippen LogP contribution in [0.4, 0.5) is 5.69 Å². The molecular weight excluding hydrogens is 322 g/mol. The molecule has 25 heavy (non-hydrogen) atoms. The van der Waals surface area contributed by atoms with Gasteiger partial charge in [0.15, 0.2) is 0 Å². The van der Waals surface area contributed by atoms with Crippen molar-refractivity contribution in [1.29, 1.82) is 0 Å². The van der Waals surface area contributed by atoms with Crippen LogP contribution < -0.4 is 4.90 Å². The van der Waals surface area contributed by atoms with E-state index >= 15 is 0 Å². The quantitative estimate of drug-likeness (QED) is 0.478. The average molecular weight is 341 g/mol. The number of esters is 1. The van der Waals surface area contributed by atoms with Crippen LogP contribution >= 0.6 is 0 Å². The molecule has 0 aromatic heterocycles. The van der Waals surface area contributed by atoms with Crippen molar-refractivity contribution in [2.45, 2.75) is 32.0 Å². The Morgan fingerprint density at radius 1 is 1.08 bits per heavy atom. The first-order valence-electron chi connectivity index (χ1n) is 8.36. The van der Waals surface area contributed by atoms with Crippen LogP contribution in [0.15, 0.2) is 36.4 Å². The van der Waals surface area contributed by atoms with Gasteiger partial charge in [0, 0.05) is 0 Å². The molecular formula is C19H19NO5. The highest BCUT2D eigenvalue weighted by molar-refractivity contribution is 6.23. The molecule has 130 valence electrons. The monoisotopic (exact) mass is 341 g/mol. The van der Waals surface area contributed by atoms with Crippen molar-refractivity contribution >= 4 is 23.5 Å². The molecule has 4 atom stereocenters. The topological polar surface area (TPSA) is 72.9 Å². The first kappa shape index (κ1) is 16.0. The third-order valence-corrected chi connectivity index (χ3v) is 5.36. The zero-order valence-corrected chi connectivity index (χ0v) is 14.3. The van der Waals surface area contributed by atoms with Crippen LogP contribution in [0.5, 0.6) is 0 Å². The predicted octanol–water partition coefficient (Wildman–Crippen LogP) is 2.09. The van der Waals surface area contributed by atoms with Gasteiger partial charge in [-0.3, -0.25) is 9.59 Å². The number of anilines is 1. The molecule has 6 heteroatoms. The van der Waals surface area contributed by atoms with E-state index in [4.69, 9.17) is 9.47 Å². The van der Waals surface area contributed by atoms with Crippen LogP contribution in [0.3, 0.4) is 0 Å². The summed E-state index contributed by atoms with van der Waals surface area (Å²) in [5, 5.41) is 0. The number of hydrogen-bond acceptors (Lipinski definition) is 5. The third-order valence-electron chi connectivity index (χ3n) is 5.36. The molecule has 0 spiro atoms. The van der Waals surface area contributed by atoms with Gasteiger partial charge in [-0.25, -0.2) is 9.69 Å². The maximum atomic E-state index is 13.0. The van der Waals surface area contributed by atoms with Crippen LogP contribution in [0.1, 0.15) is 31.1 Å². The minimum atomic E-state index is -0.744. The molecule has 0 radical (unpaired) electrons. The molecule has 2 amide bonds. The minimum absolute atomic E-state index is 0.255. The Labute approximate surface area is 145 Å². The third kappa shape index (κ3) is 2.03. The fraction of sp³-hybridized carbons (Fsp3) is 0.421. The highest BCUT2D eigenvalue weighted by atomic mass is 16.5. The van der Waals surface area contributed by atoms with Gasteiger partial charge in [-0.05, 0) is 45.0 Å². The summed E-state index contributed by atoms with van der Waals surface area (Å²) < 4.78 is 10.9. The first-order valence-corrected chi connectivity index (χ1v) is 8.36. The van der Waals surface area contributed by atoms with E-state index in [0.717, 1.165) is 0 Å². The summed E-state index contributed by atoms with van der Waals surface area (Å²) in [6, 6.07) is 6.33. The van der Waals surface area contributed by atoms with Gasteiger partial charge < -0.3 is 9.47 Å². The van der Waals surface area contributed by atoms with Gasteiger partial charge in [0.25, 0.3) is 0 Å². The molecule has 0 N–H and O–H groups in total. The highest BCUT2D eigenvalue weighted by Gasteiger charge is 2.70. The zero-order valence-electron chi connectivity index (χ0n) is 14.3. The van der Waals surface area contributed by atoms with Crippen molar-refractivity contribution in [2.75, 3.05) is 11.5 Å². The summed E-state index contributed by atoms with van der Waals surface area (Å²) in [5.41, 5.74) is -0.643. The number of nitrogens with zero attached hydrogens (tertiary/aromatic N) is 1. The summed E-state index contributed by atoms with van der Waals surface area (Å²) in [6.07, 6.45) is 3.76. The zero-order chi connectivity index (χ0) is 18.0. The van der Waals surface area contributed by atoms with E-state index in [2.05, 4.69) is 0 Å². The lowest BCUT2D eigenvalue weighted by Crippen LogP contribution is -2.39. The summed E-state index contributed by atoms with van der Waals surface area (Å²) in [4.78, 5) is 38.9. The molecule has 3 aliphatic heterocycles. The number of amides is 2. The Kier molecular flexibility index (Phi) is 3.22. The Morgan fingerprint density at radius 2 is 1.60 bits per heavy atom. The summed E-state index contributed by atoms with van der Waals surface area (Å²) >= 11 is 0. The smallest absolute Gasteiger partial charge is 0.338 e. The number of carbonyl (C=O) groups excluding carboxylic acids is 3. The van der Waals surface area contributed by atoms with E-state index in [9.17, 15) is 14.4 Å². The van der Waals surface area contributed by atoms with Crippen LogP contribution in [0.25, 0.3) is 0 Å². The molecule has 1 aromatic rings. The average Bonchev–Trinajstić information content (AvgIpc) is 3.12. The Hall–Kier alpha value is -2.47. The standard InChI is InChI=1S/C19H19NO5/c1-4-24-17(23)11-5-7-12(8-6-11)20-15(21)13-14(16(20)22)19(3)10-9-18(13,2)25-19/h5-10,13-14H,4H2,1-3H3/t13-,14-,18-,19-/m0/s1. The Morgan fingerprint density at radius 3 is 2.08 bits per heavy atom. The molecule has 3 heterocycles. The van der Waals surface area contributed by atoms with Gasteiger partial charge >= 0.3 is 5.97 Å². The molecule has 6 nitrogen and oxygen atoms in total. The molecule has 1 aromatic carbocycles. The molecule has 0 unspecified atom stereocenters. The lowest BCUT2D eigenvalue weighted by molar-refractivity contribution is -0.128. The second kappa shape index (κ2) is 5.02. The van der Waals surface area contributed by atoms with Crippen molar-refractivity contribution < 1.29 is 23.9 Å². The first-order chi connectivity index (χ1) is 11.8. The van der Waals surface area contributed by atoms with Crippen LogP contribution in [-0.2, 0) is 19.1 Å². The van der Waals surface area contributed by atoms with Crippen molar-refractivity contribution in [3.05, 3.63) is 42.0 Å². The molecule has 4 rings (SSSR count). The minimum Gasteiger partial charge on any atom is -0.462 e. The second-order valence-electron chi connectivity index (χ2n) is 7.04. The van der Waals surface area contributed by atoms with Gasteiger partial charge in [-0.1, -0.05) is 12.2 Å². The maximum absolute atomic E-state index is 13.0. The van der Waals surface area contributed by atoms with Crippen molar-refractivity contribution in [3.63, 3.8) is 0 Å². The van der Waals surface area contributed by atoms with Gasteiger partial charge in [-0.15, -0.1) is 0 Å². The summed E-state index contributed by atoms with van der Waals surface area (Å²) in [6.45, 7) is 5.71. The van der Waals surface area contributed by atoms with E-state index in [0.29, 0.717) is 11.3 Å². The molecule has 3 aliphatic rings. The molecule has 0 saturated carbocycles. The number of hydrogen-bond donors (Lipinski definition) is 0. The maximum Gasteiger partial charge on any atom is 0.338 e. The van der Waals surface area contributed by atoms with E-state index in [1.165, 1.54) is 4.90 Å². The van der Waals surface area contributed by atoms with Crippen molar-refractivity contribution in [3.8, 4) is 0 Å². The molecule has 0 aliphatic carbocycles. The lowest BCUT2D eigenvalue weighted by atomic mass is 9.73. The number of benzene rings is 1. The number of ether oxygens (including phenoxy) is 2. The van der Waals surface area contributed by atoms with Crippen molar-refractivity contribution in [1.82, 2.24) is 0 Å². The largest absolute Gasteiger partial charge is 0.462 e. The SMILES string of the molecule is CCOC(=O)c1ccc(N2C(=O)[C@@H]3[C@@H](C2=O)[C@]2(C)C=C[C@]3(C)O2)cc1. The Bertz CT molecular complexity index is 778. The van der Waals surface area contributed by atoms with Gasteiger partial charge in [0.1, 0.15) is 0 Å². The Balaban J connectivity index is 1.66. The van der Waals surface area contributed by atoms with Gasteiger partial charge in [0.05, 0.1) is 40.9 Å². The van der Waals surface area contributed by atoms with E-state index in [1.807, 2.05) is 26.0 Å². The number of rotatable bonds is 3.